The van der Waals surface area contributed by atoms with Gasteiger partial charge in [0, 0.05) is 75.1 Å². The standard InChI is InChI=1S/C21H29IN6O2S/c1-23-21-26(3)18(15-31-21)13-27-8-10-28(11-9-27)19(29)14-25(2)20(30)24-17-6-4-16(12-22)5-7-17/h4-7,15H,8-14H2,1-3H3,(H,24,30). The third kappa shape index (κ3) is 6.30. The fraction of sp³-hybridized carbons (Fsp3) is 0.476. The lowest BCUT2D eigenvalue weighted by Crippen LogP contribution is -2.51. The molecule has 0 unspecified atom stereocenters. The molecule has 3 rings (SSSR count). The van der Waals surface area contributed by atoms with E-state index in [1.165, 1.54) is 16.2 Å². The molecule has 1 N–H and O–H groups in total. The van der Waals surface area contributed by atoms with Crippen LogP contribution in [0.1, 0.15) is 11.3 Å². The Morgan fingerprint density at radius 3 is 2.45 bits per heavy atom. The fourth-order valence-electron chi connectivity index (χ4n) is 3.40. The minimum absolute atomic E-state index is 0.0225. The van der Waals surface area contributed by atoms with Crippen LogP contribution in [0.5, 0.6) is 0 Å². The number of rotatable bonds is 6. The Morgan fingerprint density at radius 1 is 1.19 bits per heavy atom. The van der Waals surface area contributed by atoms with E-state index in [9.17, 15) is 9.59 Å². The number of hydrogen-bond acceptors (Lipinski definition) is 5. The minimum atomic E-state index is -0.281. The number of aromatic nitrogens is 1. The molecule has 2 aromatic rings. The molecule has 1 aliphatic heterocycles. The van der Waals surface area contributed by atoms with Gasteiger partial charge in [-0.05, 0) is 17.7 Å². The first-order valence-electron chi connectivity index (χ1n) is 10.1. The Labute approximate surface area is 200 Å². The molecule has 1 aliphatic rings. The van der Waals surface area contributed by atoms with Crippen molar-refractivity contribution in [2.24, 2.45) is 12.0 Å². The first-order chi connectivity index (χ1) is 14.9. The number of thiazole rings is 1. The monoisotopic (exact) mass is 556 g/mol. The number of nitrogens with one attached hydrogen (secondary N) is 1. The maximum absolute atomic E-state index is 12.7. The van der Waals surface area contributed by atoms with Crippen LogP contribution in [0, 0.1) is 0 Å². The summed E-state index contributed by atoms with van der Waals surface area (Å²) in [6, 6.07) is 7.45. The molecule has 168 valence electrons. The number of halogens is 1. The van der Waals surface area contributed by atoms with E-state index in [2.05, 4.69) is 47.7 Å². The van der Waals surface area contributed by atoms with Gasteiger partial charge in [-0.25, -0.2) is 4.79 Å². The summed E-state index contributed by atoms with van der Waals surface area (Å²) in [5, 5.41) is 4.99. The van der Waals surface area contributed by atoms with Crippen LogP contribution in [0.15, 0.2) is 34.6 Å². The molecule has 0 spiro atoms. The number of anilines is 1. The summed E-state index contributed by atoms with van der Waals surface area (Å²) in [6.45, 7) is 3.90. The van der Waals surface area contributed by atoms with Gasteiger partial charge in [0.15, 0.2) is 4.80 Å². The number of alkyl halides is 1. The topological polar surface area (TPSA) is 73.2 Å². The largest absolute Gasteiger partial charge is 0.339 e. The van der Waals surface area contributed by atoms with E-state index in [1.807, 2.05) is 36.2 Å². The highest BCUT2D eigenvalue weighted by atomic mass is 127. The zero-order valence-electron chi connectivity index (χ0n) is 18.2. The van der Waals surface area contributed by atoms with Gasteiger partial charge >= 0.3 is 6.03 Å². The van der Waals surface area contributed by atoms with Crippen LogP contribution in [0.3, 0.4) is 0 Å². The van der Waals surface area contributed by atoms with Gasteiger partial charge in [0.1, 0.15) is 6.54 Å². The van der Waals surface area contributed by atoms with Gasteiger partial charge < -0.3 is 19.7 Å². The van der Waals surface area contributed by atoms with E-state index in [-0.39, 0.29) is 18.5 Å². The van der Waals surface area contributed by atoms with Gasteiger partial charge in [-0.2, -0.15) is 0 Å². The van der Waals surface area contributed by atoms with Crippen molar-refractivity contribution >= 4 is 51.6 Å². The van der Waals surface area contributed by atoms with Gasteiger partial charge in [-0.1, -0.05) is 34.7 Å². The van der Waals surface area contributed by atoms with Crippen molar-refractivity contribution in [2.75, 3.05) is 52.1 Å². The van der Waals surface area contributed by atoms with Crippen molar-refractivity contribution in [2.45, 2.75) is 11.0 Å². The smallest absolute Gasteiger partial charge is 0.322 e. The molecule has 31 heavy (non-hydrogen) atoms. The van der Waals surface area contributed by atoms with Crippen LogP contribution in [-0.4, -0.2) is 78.0 Å². The second kappa shape index (κ2) is 11.1. The molecule has 0 bridgehead atoms. The zero-order valence-corrected chi connectivity index (χ0v) is 21.1. The summed E-state index contributed by atoms with van der Waals surface area (Å²) in [5.41, 5.74) is 3.16. The molecular formula is C21H29IN6O2S. The van der Waals surface area contributed by atoms with Crippen molar-refractivity contribution in [3.8, 4) is 0 Å². The average molecular weight is 556 g/mol. The van der Waals surface area contributed by atoms with E-state index < -0.39 is 0 Å². The highest BCUT2D eigenvalue weighted by Gasteiger charge is 2.23. The molecule has 0 radical (unpaired) electrons. The molecule has 0 aliphatic carbocycles. The Balaban J connectivity index is 1.45. The number of piperazine rings is 1. The Bertz CT molecular complexity index is 963. The highest BCUT2D eigenvalue weighted by Crippen LogP contribution is 2.13. The minimum Gasteiger partial charge on any atom is -0.339 e. The van der Waals surface area contributed by atoms with Crippen molar-refractivity contribution in [3.05, 3.63) is 45.7 Å². The number of nitrogens with zero attached hydrogens (tertiary/aromatic N) is 5. The molecule has 10 heteroatoms. The van der Waals surface area contributed by atoms with Gasteiger partial charge in [0.2, 0.25) is 5.91 Å². The van der Waals surface area contributed by atoms with Crippen LogP contribution in [0.25, 0.3) is 0 Å². The lowest BCUT2D eigenvalue weighted by atomic mass is 10.2. The molecule has 0 saturated carbocycles. The maximum atomic E-state index is 12.7. The first kappa shape index (κ1) is 23.7. The summed E-state index contributed by atoms with van der Waals surface area (Å²) in [6.07, 6.45) is 0. The molecule has 0 atom stereocenters. The summed E-state index contributed by atoms with van der Waals surface area (Å²) in [4.78, 5) is 36.0. The van der Waals surface area contributed by atoms with Crippen LogP contribution in [0.2, 0.25) is 0 Å². The summed E-state index contributed by atoms with van der Waals surface area (Å²) < 4.78 is 3.04. The van der Waals surface area contributed by atoms with E-state index in [0.29, 0.717) is 13.1 Å². The number of hydrogen-bond donors (Lipinski definition) is 1. The third-order valence-corrected chi connectivity index (χ3v) is 7.34. The highest BCUT2D eigenvalue weighted by molar-refractivity contribution is 14.1. The summed E-state index contributed by atoms with van der Waals surface area (Å²) in [7, 11) is 5.49. The van der Waals surface area contributed by atoms with Crippen molar-refractivity contribution in [1.29, 1.82) is 0 Å². The van der Waals surface area contributed by atoms with Crippen LogP contribution < -0.4 is 10.1 Å². The molecule has 1 saturated heterocycles. The predicted octanol–water partition coefficient (Wildman–Crippen LogP) is 2.36. The Hall–Kier alpha value is -1.92. The van der Waals surface area contributed by atoms with E-state index >= 15 is 0 Å². The van der Waals surface area contributed by atoms with Crippen molar-refractivity contribution < 1.29 is 9.59 Å². The molecule has 1 fully saturated rings. The lowest BCUT2D eigenvalue weighted by molar-refractivity contribution is -0.133. The molecule has 3 amide bonds. The van der Waals surface area contributed by atoms with E-state index in [1.54, 1.807) is 25.4 Å². The third-order valence-electron chi connectivity index (χ3n) is 5.40. The molecule has 1 aromatic carbocycles. The Kier molecular flexibility index (Phi) is 8.50. The average Bonchev–Trinajstić information content (AvgIpc) is 3.13. The second-order valence-corrected chi connectivity index (χ2v) is 9.17. The summed E-state index contributed by atoms with van der Waals surface area (Å²) in [5.74, 6) is -0.0225. The van der Waals surface area contributed by atoms with Gasteiger partial charge in [-0.15, -0.1) is 11.3 Å². The van der Waals surface area contributed by atoms with E-state index in [0.717, 1.165) is 34.6 Å². The zero-order chi connectivity index (χ0) is 22.4. The van der Waals surface area contributed by atoms with Gasteiger partial charge in [-0.3, -0.25) is 14.7 Å². The number of amides is 3. The van der Waals surface area contributed by atoms with Crippen LogP contribution in [-0.2, 0) is 22.8 Å². The first-order valence-corrected chi connectivity index (χ1v) is 12.5. The summed E-state index contributed by atoms with van der Waals surface area (Å²) >= 11 is 3.94. The normalized spacial score (nSPS) is 15.2. The van der Waals surface area contributed by atoms with Crippen molar-refractivity contribution in [3.63, 3.8) is 0 Å². The molecule has 1 aromatic heterocycles. The van der Waals surface area contributed by atoms with Crippen LogP contribution in [0.4, 0.5) is 10.5 Å². The quantitative estimate of drug-likeness (QED) is 0.439. The molecule has 2 heterocycles. The number of carbonyl (C=O) groups is 2. The number of likely N-dealkylation sites (N-methyl/N-ethyl adjacent to an activating group) is 1. The second-order valence-electron chi connectivity index (χ2n) is 7.57. The number of carbonyl (C=O) groups excluding carboxylic acids is 2. The molecular weight excluding hydrogens is 527 g/mol. The number of benzene rings is 1. The predicted molar refractivity (Wildman–Crippen MR) is 132 cm³/mol. The fourth-order valence-corrected chi connectivity index (χ4v) is 4.77. The lowest BCUT2D eigenvalue weighted by Gasteiger charge is -2.35. The van der Waals surface area contributed by atoms with E-state index in [4.69, 9.17) is 0 Å². The molecule has 8 nitrogen and oxygen atoms in total. The SMILES string of the molecule is CN=c1scc(CN2CCN(C(=O)CN(C)C(=O)Nc3ccc(CI)cc3)CC2)n1C. The maximum Gasteiger partial charge on any atom is 0.322 e. The number of urea groups is 1. The van der Waals surface area contributed by atoms with Crippen molar-refractivity contribution in [1.82, 2.24) is 19.3 Å². The van der Waals surface area contributed by atoms with Gasteiger partial charge in [0.05, 0.1) is 0 Å². The van der Waals surface area contributed by atoms with Gasteiger partial charge in [0.25, 0.3) is 0 Å². The Morgan fingerprint density at radius 2 is 1.87 bits per heavy atom. The van der Waals surface area contributed by atoms with Crippen LogP contribution >= 0.6 is 33.9 Å².